The molecule has 1 fully saturated rings. The van der Waals surface area contributed by atoms with Gasteiger partial charge in [0.25, 0.3) is 0 Å². The highest BCUT2D eigenvalue weighted by Crippen LogP contribution is 2.31. The fourth-order valence-corrected chi connectivity index (χ4v) is 4.93. The van der Waals surface area contributed by atoms with E-state index in [0.717, 1.165) is 0 Å². The smallest absolute Gasteiger partial charge is 0.410 e. The first-order chi connectivity index (χ1) is 12.0. The quantitative estimate of drug-likeness (QED) is 0.709. The number of sulfonamides is 1. The minimum atomic E-state index is -3.74. The van der Waals surface area contributed by atoms with Crippen LogP contribution in [0.25, 0.3) is 0 Å². The van der Waals surface area contributed by atoms with Crippen molar-refractivity contribution in [2.24, 2.45) is 0 Å². The molecule has 0 unspecified atom stereocenters. The van der Waals surface area contributed by atoms with Crippen LogP contribution in [0.5, 0.6) is 5.75 Å². The lowest BCUT2D eigenvalue weighted by molar-refractivity contribution is 0.00858. The molecule has 1 aliphatic heterocycles. The Balaban J connectivity index is 2.20. The van der Waals surface area contributed by atoms with Crippen LogP contribution in [-0.4, -0.2) is 62.1 Å². The first-order valence-electron chi connectivity index (χ1n) is 8.29. The van der Waals surface area contributed by atoms with Crippen molar-refractivity contribution in [2.45, 2.75) is 44.2 Å². The number of amides is 1. The van der Waals surface area contributed by atoms with Gasteiger partial charge >= 0.3 is 6.09 Å². The molecule has 0 aromatic heterocycles. The highest BCUT2D eigenvalue weighted by molar-refractivity contribution is 9.10. The molecule has 0 aliphatic carbocycles. The molecule has 0 radical (unpaired) electrons. The lowest BCUT2D eigenvalue weighted by Crippen LogP contribution is -2.56. The molecule has 0 spiro atoms. The minimum absolute atomic E-state index is 0.104. The van der Waals surface area contributed by atoms with E-state index in [0.29, 0.717) is 4.47 Å². The summed E-state index contributed by atoms with van der Waals surface area (Å²) in [4.78, 5) is 14.0. The van der Waals surface area contributed by atoms with Crippen LogP contribution in [0.2, 0.25) is 0 Å². The molecule has 1 aliphatic rings. The maximum Gasteiger partial charge on any atom is 0.410 e. The van der Waals surface area contributed by atoms with Gasteiger partial charge in [-0.05, 0) is 45.9 Å². The third kappa shape index (κ3) is 4.69. The van der Waals surface area contributed by atoms with Crippen molar-refractivity contribution >= 4 is 32.0 Å². The zero-order valence-electron chi connectivity index (χ0n) is 15.7. The van der Waals surface area contributed by atoms with E-state index >= 15 is 0 Å². The molecule has 1 amide bonds. The summed E-state index contributed by atoms with van der Waals surface area (Å²) in [5, 5.41) is 0. The summed E-state index contributed by atoms with van der Waals surface area (Å²) in [6.07, 6.45) is -0.429. The molecule has 146 valence electrons. The van der Waals surface area contributed by atoms with Crippen LogP contribution < -0.4 is 4.74 Å². The van der Waals surface area contributed by atoms with Crippen LogP contribution in [0.3, 0.4) is 0 Å². The first-order valence-corrected chi connectivity index (χ1v) is 10.5. The molecular weight excluding hydrogens is 424 g/mol. The number of piperazine rings is 1. The minimum Gasteiger partial charge on any atom is -0.495 e. The van der Waals surface area contributed by atoms with E-state index in [1.807, 2.05) is 6.92 Å². The number of benzene rings is 1. The predicted octanol–water partition coefficient (Wildman–Crippen LogP) is 3.09. The highest BCUT2D eigenvalue weighted by Gasteiger charge is 2.37. The van der Waals surface area contributed by atoms with Crippen LogP contribution in [0.4, 0.5) is 4.79 Å². The molecule has 1 saturated heterocycles. The highest BCUT2D eigenvalue weighted by atomic mass is 79.9. The number of carbonyl (C=O) groups excluding carboxylic acids is 1. The lowest BCUT2D eigenvalue weighted by atomic mass is 10.2. The van der Waals surface area contributed by atoms with Crippen molar-refractivity contribution in [2.75, 3.05) is 26.7 Å². The molecule has 2 rings (SSSR count). The van der Waals surface area contributed by atoms with E-state index < -0.39 is 21.7 Å². The van der Waals surface area contributed by atoms with Crippen LogP contribution in [0.1, 0.15) is 27.7 Å². The van der Waals surface area contributed by atoms with E-state index in [4.69, 9.17) is 9.47 Å². The summed E-state index contributed by atoms with van der Waals surface area (Å²) in [6.45, 7) is 7.87. The Kier molecular flexibility index (Phi) is 6.24. The fraction of sp³-hybridized carbons (Fsp3) is 0.588. The molecule has 1 heterocycles. The third-order valence-electron chi connectivity index (χ3n) is 3.96. The van der Waals surface area contributed by atoms with Crippen molar-refractivity contribution < 1.29 is 22.7 Å². The summed E-state index contributed by atoms with van der Waals surface area (Å²) in [5.74, 6) is 0.287. The van der Waals surface area contributed by atoms with E-state index in [9.17, 15) is 13.2 Å². The van der Waals surface area contributed by atoms with Gasteiger partial charge in [0.15, 0.2) is 0 Å². The Bertz CT molecular complexity index is 776. The Morgan fingerprint density at radius 1 is 1.27 bits per heavy atom. The normalized spacial score (nSPS) is 19.3. The van der Waals surface area contributed by atoms with Gasteiger partial charge in [-0.1, -0.05) is 15.9 Å². The summed E-state index contributed by atoms with van der Waals surface area (Å²) < 4.78 is 38.8. The lowest BCUT2D eigenvalue weighted by Gasteiger charge is -2.39. The van der Waals surface area contributed by atoms with Crippen LogP contribution in [0.15, 0.2) is 27.6 Å². The average molecular weight is 449 g/mol. The van der Waals surface area contributed by atoms with Crippen LogP contribution in [0, 0.1) is 0 Å². The second-order valence-corrected chi connectivity index (χ2v) is 10.0. The monoisotopic (exact) mass is 448 g/mol. The van der Waals surface area contributed by atoms with Gasteiger partial charge in [-0.15, -0.1) is 0 Å². The van der Waals surface area contributed by atoms with E-state index in [1.54, 1.807) is 37.8 Å². The van der Waals surface area contributed by atoms with Crippen LogP contribution in [-0.2, 0) is 14.8 Å². The molecule has 0 N–H and O–H groups in total. The van der Waals surface area contributed by atoms with E-state index in [1.165, 1.54) is 17.5 Å². The summed E-state index contributed by atoms with van der Waals surface area (Å²) >= 11 is 3.30. The zero-order valence-corrected chi connectivity index (χ0v) is 18.1. The summed E-state index contributed by atoms with van der Waals surface area (Å²) in [5.41, 5.74) is -0.594. The van der Waals surface area contributed by atoms with Gasteiger partial charge in [-0.2, -0.15) is 4.31 Å². The Labute approximate surface area is 163 Å². The molecule has 7 nitrogen and oxygen atoms in total. The largest absolute Gasteiger partial charge is 0.495 e. The molecule has 1 atom stereocenters. The van der Waals surface area contributed by atoms with Gasteiger partial charge in [0.05, 0.1) is 7.11 Å². The van der Waals surface area contributed by atoms with E-state index in [-0.39, 0.29) is 36.3 Å². The second-order valence-electron chi connectivity index (χ2n) is 7.18. The Morgan fingerprint density at radius 3 is 2.46 bits per heavy atom. The SMILES string of the molecule is COc1ccc(Br)cc1S(=O)(=O)N1CCN(C(=O)OC(C)(C)C)[C@H](C)C1. The summed E-state index contributed by atoms with van der Waals surface area (Å²) in [7, 11) is -2.31. The molecule has 26 heavy (non-hydrogen) atoms. The van der Waals surface area contributed by atoms with Gasteiger partial charge in [0, 0.05) is 30.1 Å². The molecule has 1 aromatic carbocycles. The van der Waals surface area contributed by atoms with Crippen molar-refractivity contribution in [1.82, 2.24) is 9.21 Å². The van der Waals surface area contributed by atoms with Gasteiger partial charge in [-0.25, -0.2) is 13.2 Å². The number of nitrogens with zero attached hydrogens (tertiary/aromatic N) is 2. The second kappa shape index (κ2) is 7.74. The molecular formula is C17H25BrN2O5S. The molecule has 1 aromatic rings. The third-order valence-corrected chi connectivity index (χ3v) is 6.34. The standard InChI is InChI=1S/C17H25BrN2O5S/c1-12-11-19(8-9-20(12)16(21)25-17(2,3)4)26(22,23)15-10-13(18)6-7-14(15)24-5/h6-7,10,12H,8-9,11H2,1-5H3/t12-/m1/s1. The fourth-order valence-electron chi connectivity index (χ4n) is 2.73. The maximum absolute atomic E-state index is 13.1. The van der Waals surface area contributed by atoms with Crippen molar-refractivity contribution in [3.05, 3.63) is 22.7 Å². The maximum atomic E-state index is 13.1. The van der Waals surface area contributed by atoms with Crippen LogP contribution >= 0.6 is 15.9 Å². The van der Waals surface area contributed by atoms with Gasteiger partial charge in [0.1, 0.15) is 16.2 Å². The number of hydrogen-bond acceptors (Lipinski definition) is 5. The van der Waals surface area contributed by atoms with Crippen molar-refractivity contribution in [3.63, 3.8) is 0 Å². The topological polar surface area (TPSA) is 76.2 Å². The zero-order chi connectivity index (χ0) is 19.7. The average Bonchev–Trinajstić information content (AvgIpc) is 2.52. The van der Waals surface area contributed by atoms with Gasteiger partial charge < -0.3 is 14.4 Å². The Morgan fingerprint density at radius 2 is 1.92 bits per heavy atom. The first kappa shape index (κ1) is 21.0. The molecule has 0 bridgehead atoms. The Hall–Kier alpha value is -1.32. The number of rotatable bonds is 3. The molecule has 0 saturated carbocycles. The number of ether oxygens (including phenoxy) is 2. The van der Waals surface area contributed by atoms with Gasteiger partial charge in [0.2, 0.25) is 10.0 Å². The molecule has 9 heteroatoms. The number of hydrogen-bond donors (Lipinski definition) is 0. The predicted molar refractivity (Wildman–Crippen MR) is 102 cm³/mol. The van der Waals surface area contributed by atoms with Crippen molar-refractivity contribution in [3.8, 4) is 5.75 Å². The number of methoxy groups -OCH3 is 1. The summed E-state index contributed by atoms with van der Waals surface area (Å²) in [6, 6.07) is 4.56. The number of carbonyl (C=O) groups is 1. The van der Waals surface area contributed by atoms with Crippen molar-refractivity contribution in [1.29, 1.82) is 0 Å². The van der Waals surface area contributed by atoms with Gasteiger partial charge in [-0.3, -0.25) is 0 Å². The number of halogens is 1. The van der Waals surface area contributed by atoms with E-state index in [2.05, 4.69) is 15.9 Å².